The van der Waals surface area contributed by atoms with E-state index in [-0.39, 0.29) is 10.8 Å². The molecule has 10 heteroatoms. The monoisotopic (exact) mass is 473 g/mol. The highest BCUT2D eigenvalue weighted by molar-refractivity contribution is 7.89. The van der Waals surface area contributed by atoms with Gasteiger partial charge in [0.15, 0.2) is 0 Å². The molecule has 1 amide bonds. The molecule has 168 valence electrons. The lowest BCUT2D eigenvalue weighted by atomic mass is 10.2. The van der Waals surface area contributed by atoms with Gasteiger partial charge in [-0.25, -0.2) is 17.7 Å². The zero-order valence-corrected chi connectivity index (χ0v) is 19.4. The Balaban J connectivity index is 1.44. The van der Waals surface area contributed by atoms with Crippen LogP contribution in [0.4, 0.5) is 5.95 Å². The Morgan fingerprint density at radius 2 is 1.72 bits per heavy atom. The van der Waals surface area contributed by atoms with E-state index in [4.69, 9.17) is 11.6 Å². The minimum Gasteiger partial charge on any atom is -0.338 e. The Kier molecular flexibility index (Phi) is 6.23. The van der Waals surface area contributed by atoms with Crippen molar-refractivity contribution < 1.29 is 13.2 Å². The van der Waals surface area contributed by atoms with Crippen molar-refractivity contribution in [3.8, 4) is 5.69 Å². The van der Waals surface area contributed by atoms with Crippen molar-refractivity contribution in [1.29, 1.82) is 0 Å². The number of sulfonamides is 1. The van der Waals surface area contributed by atoms with Gasteiger partial charge in [0.05, 0.1) is 4.90 Å². The molecule has 0 atom stereocenters. The molecule has 32 heavy (non-hydrogen) atoms. The number of aromatic nitrogens is 2. The zero-order chi connectivity index (χ0) is 22.9. The molecule has 1 fully saturated rings. The summed E-state index contributed by atoms with van der Waals surface area (Å²) in [4.78, 5) is 21.5. The largest absolute Gasteiger partial charge is 0.338 e. The summed E-state index contributed by atoms with van der Waals surface area (Å²) in [5.41, 5.74) is 1.40. The number of amides is 1. The summed E-state index contributed by atoms with van der Waals surface area (Å²) in [7, 11) is -0.567. The average molecular weight is 474 g/mol. The van der Waals surface area contributed by atoms with Gasteiger partial charge in [-0.15, -0.1) is 0 Å². The topological polar surface area (TPSA) is 78.8 Å². The van der Waals surface area contributed by atoms with Gasteiger partial charge < -0.3 is 9.80 Å². The van der Waals surface area contributed by atoms with Crippen LogP contribution in [0.3, 0.4) is 0 Å². The van der Waals surface area contributed by atoms with E-state index in [9.17, 15) is 13.2 Å². The molecule has 3 aromatic rings. The summed E-state index contributed by atoms with van der Waals surface area (Å²) in [6, 6.07) is 13.7. The van der Waals surface area contributed by atoms with Gasteiger partial charge in [0.1, 0.15) is 0 Å². The minimum atomic E-state index is -3.52. The van der Waals surface area contributed by atoms with Gasteiger partial charge in [0.25, 0.3) is 5.91 Å². The lowest BCUT2D eigenvalue weighted by Gasteiger charge is -2.35. The fraction of sp³-hybridized carbons (Fsp3) is 0.273. The van der Waals surface area contributed by atoms with Gasteiger partial charge in [-0.1, -0.05) is 17.7 Å². The van der Waals surface area contributed by atoms with E-state index < -0.39 is 10.0 Å². The van der Waals surface area contributed by atoms with Crippen LogP contribution < -0.4 is 4.90 Å². The molecule has 1 aliphatic heterocycles. The normalized spacial score (nSPS) is 14.8. The van der Waals surface area contributed by atoms with Crippen molar-refractivity contribution in [3.05, 3.63) is 71.5 Å². The first-order valence-corrected chi connectivity index (χ1v) is 12.0. The van der Waals surface area contributed by atoms with Crippen LogP contribution in [0.5, 0.6) is 0 Å². The number of benzene rings is 2. The van der Waals surface area contributed by atoms with E-state index in [1.54, 1.807) is 23.2 Å². The Morgan fingerprint density at radius 1 is 1.03 bits per heavy atom. The molecule has 0 radical (unpaired) electrons. The fourth-order valence-electron chi connectivity index (χ4n) is 3.63. The maximum atomic E-state index is 12.9. The van der Waals surface area contributed by atoms with Crippen LogP contribution in [0.15, 0.2) is 65.8 Å². The van der Waals surface area contributed by atoms with Gasteiger partial charge >= 0.3 is 0 Å². The minimum absolute atomic E-state index is 0.114. The lowest BCUT2D eigenvalue weighted by molar-refractivity contribution is 0.0746. The van der Waals surface area contributed by atoms with E-state index in [1.165, 1.54) is 26.2 Å². The number of anilines is 1. The molecule has 0 N–H and O–H groups in total. The number of carbonyl (C=O) groups is 1. The summed E-state index contributed by atoms with van der Waals surface area (Å²) in [5.74, 6) is 0.689. The van der Waals surface area contributed by atoms with Crippen LogP contribution in [0.25, 0.3) is 5.69 Å². The molecule has 8 nitrogen and oxygen atoms in total. The summed E-state index contributed by atoms with van der Waals surface area (Å²) in [6.07, 6.45) is 3.64. The Labute approximate surface area is 192 Å². The van der Waals surface area contributed by atoms with Crippen LogP contribution in [0.2, 0.25) is 5.02 Å². The van der Waals surface area contributed by atoms with Crippen molar-refractivity contribution in [2.24, 2.45) is 0 Å². The van der Waals surface area contributed by atoms with Gasteiger partial charge in [-0.3, -0.25) is 9.36 Å². The van der Waals surface area contributed by atoms with E-state index in [1.807, 2.05) is 35.0 Å². The van der Waals surface area contributed by atoms with E-state index in [0.29, 0.717) is 36.8 Å². The second-order valence-electron chi connectivity index (χ2n) is 7.67. The number of hydrogen-bond donors (Lipinski definition) is 0. The highest BCUT2D eigenvalue weighted by Gasteiger charge is 2.25. The van der Waals surface area contributed by atoms with Gasteiger partial charge in [0.2, 0.25) is 16.0 Å². The predicted molar refractivity (Wildman–Crippen MR) is 124 cm³/mol. The molecule has 2 aromatic carbocycles. The van der Waals surface area contributed by atoms with Crippen LogP contribution >= 0.6 is 11.6 Å². The smallest absolute Gasteiger partial charge is 0.253 e. The number of carbonyl (C=O) groups excluding carboxylic acids is 1. The van der Waals surface area contributed by atoms with Crippen molar-refractivity contribution in [2.45, 2.75) is 4.90 Å². The van der Waals surface area contributed by atoms with Gasteiger partial charge in [0, 0.05) is 68.9 Å². The van der Waals surface area contributed by atoms with Crippen LogP contribution in [0.1, 0.15) is 10.4 Å². The van der Waals surface area contributed by atoms with E-state index in [2.05, 4.69) is 9.88 Å². The third-order valence-electron chi connectivity index (χ3n) is 5.44. The summed E-state index contributed by atoms with van der Waals surface area (Å²) in [6.45, 7) is 2.35. The highest BCUT2D eigenvalue weighted by atomic mass is 35.5. The highest BCUT2D eigenvalue weighted by Crippen LogP contribution is 2.23. The first kappa shape index (κ1) is 22.3. The van der Waals surface area contributed by atoms with E-state index >= 15 is 0 Å². The summed E-state index contributed by atoms with van der Waals surface area (Å²) in [5, 5.41) is 0.655. The fourth-order valence-corrected chi connectivity index (χ4v) is 4.72. The number of rotatable bonds is 5. The van der Waals surface area contributed by atoms with Crippen molar-refractivity contribution in [3.63, 3.8) is 0 Å². The molecule has 1 aromatic heterocycles. The first-order chi connectivity index (χ1) is 15.3. The summed E-state index contributed by atoms with van der Waals surface area (Å²) < 4.78 is 27.6. The molecular weight excluding hydrogens is 450 g/mol. The number of imidazole rings is 1. The Hall–Kier alpha value is -2.88. The number of piperazine rings is 1. The molecule has 0 bridgehead atoms. The quantitative estimate of drug-likeness (QED) is 0.569. The summed E-state index contributed by atoms with van der Waals surface area (Å²) >= 11 is 6.13. The standard InChI is InChI=1S/C22H24ClN5O3S/c1-25(2)32(30,31)20-8-6-17(7-9-20)21(29)26-12-14-27(15-13-26)22-24-10-11-28(22)19-5-3-4-18(23)16-19/h3-11,16H,12-15H2,1-2H3. The van der Waals surface area contributed by atoms with Gasteiger partial charge in [-0.2, -0.15) is 0 Å². The van der Waals surface area contributed by atoms with Crippen LogP contribution in [0, 0.1) is 0 Å². The predicted octanol–water partition coefficient (Wildman–Crippen LogP) is 2.74. The number of halogens is 1. The zero-order valence-electron chi connectivity index (χ0n) is 17.8. The molecule has 1 saturated heterocycles. The molecule has 0 saturated carbocycles. The van der Waals surface area contributed by atoms with Crippen molar-refractivity contribution >= 4 is 33.5 Å². The third kappa shape index (κ3) is 4.36. The number of nitrogens with zero attached hydrogens (tertiary/aromatic N) is 5. The molecule has 4 rings (SSSR count). The molecule has 0 aliphatic carbocycles. The molecule has 2 heterocycles. The average Bonchev–Trinajstić information content (AvgIpc) is 3.29. The SMILES string of the molecule is CN(C)S(=O)(=O)c1ccc(C(=O)N2CCN(c3nccn3-c3cccc(Cl)c3)CC2)cc1. The van der Waals surface area contributed by atoms with Crippen LogP contribution in [-0.2, 0) is 10.0 Å². The molecule has 1 aliphatic rings. The second-order valence-corrected chi connectivity index (χ2v) is 10.3. The third-order valence-corrected chi connectivity index (χ3v) is 7.50. The van der Waals surface area contributed by atoms with Gasteiger partial charge in [-0.05, 0) is 42.5 Å². The van der Waals surface area contributed by atoms with Crippen LogP contribution in [-0.4, -0.2) is 73.4 Å². The number of hydrogen-bond acceptors (Lipinski definition) is 5. The van der Waals surface area contributed by atoms with E-state index in [0.717, 1.165) is 15.9 Å². The molecule has 0 unspecified atom stereocenters. The van der Waals surface area contributed by atoms with Crippen molar-refractivity contribution in [2.75, 3.05) is 45.2 Å². The molecular formula is C22H24ClN5O3S. The first-order valence-electron chi connectivity index (χ1n) is 10.1. The Bertz CT molecular complexity index is 1220. The molecule has 0 spiro atoms. The maximum Gasteiger partial charge on any atom is 0.253 e. The Morgan fingerprint density at radius 3 is 2.34 bits per heavy atom. The lowest BCUT2D eigenvalue weighted by Crippen LogP contribution is -2.49. The maximum absolute atomic E-state index is 12.9. The second kappa shape index (κ2) is 8.93. The van der Waals surface area contributed by atoms with Crippen molar-refractivity contribution in [1.82, 2.24) is 18.8 Å².